The van der Waals surface area contributed by atoms with Crippen LogP contribution in [0.2, 0.25) is 0 Å². The van der Waals surface area contributed by atoms with E-state index in [9.17, 15) is 14.4 Å². The van der Waals surface area contributed by atoms with Crippen LogP contribution in [0.25, 0.3) is 16.7 Å². The topological polar surface area (TPSA) is 151 Å². The molecule has 13 heteroatoms. The van der Waals surface area contributed by atoms with E-state index in [0.717, 1.165) is 32.3 Å². The Morgan fingerprint density at radius 2 is 1.85 bits per heavy atom. The maximum atomic E-state index is 15.0. The molecule has 0 spiro atoms. The number of piperazine rings is 1. The van der Waals surface area contributed by atoms with Crippen LogP contribution in [0.5, 0.6) is 0 Å². The molecule has 40 heavy (non-hydrogen) atoms. The monoisotopic (exact) mass is 543 g/mol. The molecule has 0 radical (unpaired) electrons. The molecule has 204 valence electrons. The summed E-state index contributed by atoms with van der Waals surface area (Å²) in [5.74, 6) is -2.11. The summed E-state index contributed by atoms with van der Waals surface area (Å²) in [7, 11) is 2.03. The van der Waals surface area contributed by atoms with Gasteiger partial charge >= 0.3 is 0 Å². The van der Waals surface area contributed by atoms with Crippen molar-refractivity contribution in [3.63, 3.8) is 0 Å². The molecule has 0 atom stereocenters. The van der Waals surface area contributed by atoms with Crippen molar-refractivity contribution in [2.75, 3.05) is 48.8 Å². The zero-order chi connectivity index (χ0) is 28.4. The van der Waals surface area contributed by atoms with Gasteiger partial charge in [0.1, 0.15) is 11.2 Å². The van der Waals surface area contributed by atoms with Crippen molar-refractivity contribution in [2.24, 2.45) is 5.73 Å². The standard InChI is InChI=1S/C27H26FN9O3/c1-3-22(38)31-16-5-4-6-18(13-16)37-24-19(26(40)33-25(37)23(29)39)15-30-27(34-24)32-17-7-8-21(20(28)14-17)36-11-9-35(2)10-12-36/h3-8,13-15H,1,9-12H2,2H3,(H2,29,39)(H,31,38)(H,30,32,34). The summed E-state index contributed by atoms with van der Waals surface area (Å²) >= 11 is 0. The lowest BCUT2D eigenvalue weighted by molar-refractivity contribution is -0.111. The molecule has 1 saturated heterocycles. The number of nitrogens with one attached hydrogen (secondary N) is 2. The van der Waals surface area contributed by atoms with E-state index in [1.165, 1.54) is 16.8 Å². The molecule has 12 nitrogen and oxygen atoms in total. The minimum atomic E-state index is -0.964. The number of carbonyl (C=O) groups excluding carboxylic acids is 2. The van der Waals surface area contributed by atoms with Gasteiger partial charge in [-0.3, -0.25) is 19.0 Å². The van der Waals surface area contributed by atoms with Gasteiger partial charge in [0.2, 0.25) is 17.7 Å². The number of hydrogen-bond donors (Lipinski definition) is 3. The lowest BCUT2D eigenvalue weighted by Crippen LogP contribution is -2.44. The number of carbonyl (C=O) groups is 2. The van der Waals surface area contributed by atoms with Crippen molar-refractivity contribution >= 4 is 45.9 Å². The highest BCUT2D eigenvalue weighted by atomic mass is 19.1. The number of nitrogens with two attached hydrogens (primary N) is 1. The predicted octanol–water partition coefficient (Wildman–Crippen LogP) is 2.03. The lowest BCUT2D eigenvalue weighted by Gasteiger charge is -2.34. The van der Waals surface area contributed by atoms with E-state index in [1.807, 2.05) is 11.9 Å². The van der Waals surface area contributed by atoms with E-state index >= 15 is 4.39 Å². The fraction of sp³-hybridized carbons (Fsp3) is 0.185. The summed E-state index contributed by atoms with van der Waals surface area (Å²) in [4.78, 5) is 53.5. The summed E-state index contributed by atoms with van der Waals surface area (Å²) < 4.78 is 16.3. The summed E-state index contributed by atoms with van der Waals surface area (Å²) in [6.45, 7) is 6.57. The highest BCUT2D eigenvalue weighted by molar-refractivity contribution is 5.99. The van der Waals surface area contributed by atoms with Crippen LogP contribution in [-0.4, -0.2) is 69.5 Å². The van der Waals surface area contributed by atoms with Gasteiger partial charge < -0.3 is 26.2 Å². The lowest BCUT2D eigenvalue weighted by atomic mass is 10.2. The maximum absolute atomic E-state index is 15.0. The number of primary amides is 1. The van der Waals surface area contributed by atoms with E-state index < -0.39 is 23.2 Å². The molecular formula is C27H26FN9O3. The molecule has 5 rings (SSSR count). The van der Waals surface area contributed by atoms with Crippen LogP contribution in [0.3, 0.4) is 0 Å². The van der Waals surface area contributed by atoms with E-state index in [1.54, 1.807) is 36.4 Å². The number of rotatable bonds is 7. The molecule has 1 fully saturated rings. The Kier molecular flexibility index (Phi) is 7.21. The van der Waals surface area contributed by atoms with E-state index in [0.29, 0.717) is 22.7 Å². The third kappa shape index (κ3) is 5.35. The van der Waals surface area contributed by atoms with Crippen LogP contribution < -0.4 is 26.8 Å². The van der Waals surface area contributed by atoms with Crippen LogP contribution in [-0.2, 0) is 4.79 Å². The quantitative estimate of drug-likeness (QED) is 0.297. The van der Waals surface area contributed by atoms with Crippen LogP contribution in [0.4, 0.5) is 27.4 Å². The first-order valence-electron chi connectivity index (χ1n) is 12.4. The summed E-state index contributed by atoms with van der Waals surface area (Å²) in [5.41, 5.74) is 6.49. The normalized spacial score (nSPS) is 13.7. The zero-order valence-electron chi connectivity index (χ0n) is 21.6. The Morgan fingerprint density at radius 3 is 2.55 bits per heavy atom. The van der Waals surface area contributed by atoms with E-state index in [4.69, 9.17) is 5.73 Å². The summed E-state index contributed by atoms with van der Waals surface area (Å²) in [5, 5.41) is 5.61. The molecule has 2 aromatic heterocycles. The number of benzene rings is 2. The van der Waals surface area contributed by atoms with Gasteiger partial charge in [-0.25, -0.2) is 9.37 Å². The number of aromatic nitrogens is 4. The Labute approximate surface area is 228 Å². The minimum absolute atomic E-state index is 0.0210. The Morgan fingerprint density at radius 1 is 1.07 bits per heavy atom. The first-order valence-corrected chi connectivity index (χ1v) is 12.4. The van der Waals surface area contributed by atoms with E-state index in [-0.39, 0.29) is 22.8 Å². The van der Waals surface area contributed by atoms with Gasteiger partial charge in [0.25, 0.3) is 11.5 Å². The molecule has 0 bridgehead atoms. The van der Waals surface area contributed by atoms with Crippen LogP contribution in [0.15, 0.2) is 66.1 Å². The van der Waals surface area contributed by atoms with Gasteiger partial charge in [0, 0.05) is 43.8 Å². The molecule has 1 aliphatic rings. The fourth-order valence-corrected chi connectivity index (χ4v) is 4.40. The zero-order valence-corrected chi connectivity index (χ0v) is 21.6. The van der Waals surface area contributed by atoms with Crippen molar-refractivity contribution in [3.05, 3.63) is 83.3 Å². The first-order chi connectivity index (χ1) is 19.2. The number of likely N-dealkylation sites (N-methyl/N-ethyl adjacent to an activating group) is 1. The molecule has 2 amide bonds. The second kappa shape index (κ2) is 10.9. The second-order valence-electron chi connectivity index (χ2n) is 9.20. The van der Waals surface area contributed by atoms with Crippen LogP contribution in [0.1, 0.15) is 10.6 Å². The van der Waals surface area contributed by atoms with Crippen molar-refractivity contribution in [1.29, 1.82) is 0 Å². The predicted molar refractivity (Wildman–Crippen MR) is 150 cm³/mol. The Balaban J connectivity index is 1.54. The van der Waals surface area contributed by atoms with Crippen molar-refractivity contribution < 1.29 is 14.0 Å². The van der Waals surface area contributed by atoms with Gasteiger partial charge in [0.05, 0.1) is 11.4 Å². The SMILES string of the molecule is C=CC(=O)Nc1cccc(-n2c(C(N)=O)nc(=O)c3cnc(Nc4ccc(N5CCN(C)CC5)c(F)c4)nc32)c1. The molecule has 4 N–H and O–H groups in total. The fourth-order valence-electron chi connectivity index (χ4n) is 4.40. The Bertz CT molecular complexity index is 1700. The molecule has 0 saturated carbocycles. The van der Waals surface area contributed by atoms with Gasteiger partial charge in [-0.1, -0.05) is 12.6 Å². The molecule has 0 unspecified atom stereocenters. The van der Waals surface area contributed by atoms with Gasteiger partial charge in [-0.05, 0) is 49.5 Å². The third-order valence-corrected chi connectivity index (χ3v) is 6.46. The third-order valence-electron chi connectivity index (χ3n) is 6.46. The number of hydrogen-bond acceptors (Lipinski definition) is 9. The molecule has 4 aromatic rings. The number of nitrogens with zero attached hydrogens (tertiary/aromatic N) is 6. The Hall–Kier alpha value is -5.17. The largest absolute Gasteiger partial charge is 0.367 e. The van der Waals surface area contributed by atoms with Gasteiger partial charge in [-0.15, -0.1) is 0 Å². The maximum Gasteiger partial charge on any atom is 0.285 e. The van der Waals surface area contributed by atoms with Gasteiger partial charge in [0.15, 0.2) is 5.65 Å². The molecule has 1 aliphatic heterocycles. The second-order valence-corrected chi connectivity index (χ2v) is 9.20. The van der Waals surface area contributed by atoms with Crippen molar-refractivity contribution in [1.82, 2.24) is 24.4 Å². The highest BCUT2D eigenvalue weighted by Crippen LogP contribution is 2.26. The average Bonchev–Trinajstić information content (AvgIpc) is 2.93. The number of anilines is 4. The number of fused-ring (bicyclic) bond motifs is 1. The van der Waals surface area contributed by atoms with Crippen molar-refractivity contribution in [3.8, 4) is 5.69 Å². The van der Waals surface area contributed by atoms with Crippen LogP contribution >= 0.6 is 0 Å². The van der Waals surface area contributed by atoms with E-state index in [2.05, 4.69) is 37.1 Å². The average molecular weight is 544 g/mol. The van der Waals surface area contributed by atoms with Crippen LogP contribution in [0, 0.1) is 5.82 Å². The molecule has 3 heterocycles. The number of halogens is 1. The van der Waals surface area contributed by atoms with Gasteiger partial charge in [-0.2, -0.15) is 9.97 Å². The highest BCUT2D eigenvalue weighted by Gasteiger charge is 2.20. The molecule has 0 aliphatic carbocycles. The molecular weight excluding hydrogens is 517 g/mol. The summed E-state index contributed by atoms with van der Waals surface area (Å²) in [6, 6.07) is 11.2. The van der Waals surface area contributed by atoms with Crippen molar-refractivity contribution in [2.45, 2.75) is 0 Å². The molecule has 2 aromatic carbocycles. The summed E-state index contributed by atoms with van der Waals surface area (Å²) in [6.07, 6.45) is 2.38. The smallest absolute Gasteiger partial charge is 0.285 e. The first kappa shape index (κ1) is 26.4. The minimum Gasteiger partial charge on any atom is -0.367 e. The number of amides is 2.